The van der Waals surface area contributed by atoms with Gasteiger partial charge in [0.15, 0.2) is 11.6 Å². The second-order valence-electron chi connectivity index (χ2n) is 11.8. The second kappa shape index (κ2) is 7.18. The zero-order valence-corrected chi connectivity index (χ0v) is 20.2. The number of hydrogen-bond donors (Lipinski definition) is 0. The zero-order valence-electron chi connectivity index (χ0n) is 20.2. The van der Waals surface area contributed by atoms with E-state index in [0.717, 1.165) is 45.3 Å². The number of carbonyl (C=O) groups is 2. The summed E-state index contributed by atoms with van der Waals surface area (Å²) in [6.45, 7) is 8.46. The molecule has 2 aliphatic heterocycles. The van der Waals surface area contributed by atoms with Gasteiger partial charge < -0.3 is 9.47 Å². The summed E-state index contributed by atoms with van der Waals surface area (Å²) in [6.07, 6.45) is 2.37. The smallest absolute Gasteiger partial charge is 0.163 e. The molecule has 2 heterocycles. The van der Waals surface area contributed by atoms with E-state index in [9.17, 15) is 9.59 Å². The van der Waals surface area contributed by atoms with E-state index in [1.807, 2.05) is 48.5 Å². The molecule has 174 valence electrons. The monoisotopic (exact) mass is 454 g/mol. The van der Waals surface area contributed by atoms with Crippen molar-refractivity contribution in [1.29, 1.82) is 0 Å². The Kier molecular flexibility index (Phi) is 4.52. The first kappa shape index (κ1) is 21.4. The van der Waals surface area contributed by atoms with Crippen LogP contribution in [0.15, 0.2) is 71.2 Å². The third-order valence-corrected chi connectivity index (χ3v) is 7.69. The van der Waals surface area contributed by atoms with Gasteiger partial charge in [0.05, 0.1) is 0 Å². The molecule has 4 nitrogen and oxygen atoms in total. The van der Waals surface area contributed by atoms with Crippen LogP contribution in [0.25, 0.3) is 0 Å². The molecule has 4 heteroatoms. The average molecular weight is 455 g/mol. The summed E-state index contributed by atoms with van der Waals surface area (Å²) >= 11 is 0. The minimum Gasteiger partial charge on any atom is -0.461 e. The van der Waals surface area contributed by atoms with Crippen molar-refractivity contribution in [3.05, 3.63) is 82.3 Å². The van der Waals surface area contributed by atoms with E-state index < -0.39 is 0 Å². The number of hydrogen-bond acceptors (Lipinski definition) is 4. The lowest BCUT2D eigenvalue weighted by atomic mass is 9.62. The molecule has 0 N–H and O–H groups in total. The Morgan fingerprint density at radius 2 is 1.00 bits per heavy atom. The molecule has 0 saturated carbocycles. The number of rotatable bonds is 1. The fraction of sp³-hybridized carbons (Fsp3) is 0.400. The number of carbonyl (C=O) groups excluding carboxylic acids is 2. The van der Waals surface area contributed by atoms with Gasteiger partial charge in [-0.25, -0.2) is 0 Å². The third-order valence-electron chi connectivity index (χ3n) is 7.69. The third kappa shape index (κ3) is 3.26. The number of benzene rings is 2. The van der Waals surface area contributed by atoms with Crippen LogP contribution in [0.3, 0.4) is 0 Å². The number of allylic oxidation sites excluding steroid dienone is 4. The van der Waals surface area contributed by atoms with Gasteiger partial charge in [0.25, 0.3) is 0 Å². The fourth-order valence-corrected chi connectivity index (χ4v) is 6.36. The van der Waals surface area contributed by atoms with Crippen LogP contribution >= 0.6 is 0 Å². The first-order valence-electron chi connectivity index (χ1n) is 12.2. The van der Waals surface area contributed by atoms with Crippen LogP contribution in [-0.2, 0) is 9.59 Å². The molecular weight excluding hydrogens is 424 g/mol. The minimum absolute atomic E-state index is 0.125. The molecular formula is C30H30O4. The van der Waals surface area contributed by atoms with Gasteiger partial charge in [0.1, 0.15) is 23.0 Å². The van der Waals surface area contributed by atoms with Crippen LogP contribution in [0.5, 0.6) is 11.5 Å². The van der Waals surface area contributed by atoms with Gasteiger partial charge >= 0.3 is 0 Å². The summed E-state index contributed by atoms with van der Waals surface area (Å²) in [5, 5.41) is 0. The van der Waals surface area contributed by atoms with Gasteiger partial charge in [-0.15, -0.1) is 0 Å². The predicted molar refractivity (Wildman–Crippen MR) is 130 cm³/mol. The zero-order chi connectivity index (χ0) is 23.8. The largest absolute Gasteiger partial charge is 0.461 e. The lowest BCUT2D eigenvalue weighted by molar-refractivity contribution is -0.120. The van der Waals surface area contributed by atoms with Crippen molar-refractivity contribution in [3.8, 4) is 11.5 Å². The average Bonchev–Trinajstić information content (AvgIpc) is 2.74. The van der Waals surface area contributed by atoms with E-state index in [2.05, 4.69) is 27.7 Å². The molecule has 0 fully saturated rings. The highest BCUT2D eigenvalue weighted by atomic mass is 16.5. The SMILES string of the molecule is CC1(C)CC(=O)C2=C(C1)Oc1ccccc1C2C1C2=C(CC(C)(C)CC2=O)Oc2ccccc21. The summed E-state index contributed by atoms with van der Waals surface area (Å²) in [4.78, 5) is 27.4. The Balaban J connectivity index is 1.62. The summed E-state index contributed by atoms with van der Waals surface area (Å²) in [7, 11) is 0. The quantitative estimate of drug-likeness (QED) is 0.486. The molecule has 6 rings (SSSR count). The van der Waals surface area contributed by atoms with Crippen LogP contribution in [0.2, 0.25) is 0 Å². The van der Waals surface area contributed by atoms with Crippen molar-refractivity contribution in [3.63, 3.8) is 0 Å². The van der Waals surface area contributed by atoms with Crippen molar-refractivity contribution in [2.24, 2.45) is 10.8 Å². The van der Waals surface area contributed by atoms with Gasteiger partial charge in [-0.05, 0) is 23.0 Å². The number of Topliss-reactive ketones (excluding diaryl/α,β-unsaturated/α-hetero) is 2. The lowest BCUT2D eigenvalue weighted by Gasteiger charge is -2.44. The van der Waals surface area contributed by atoms with Crippen molar-refractivity contribution < 1.29 is 19.1 Å². The van der Waals surface area contributed by atoms with Crippen molar-refractivity contribution >= 4 is 11.6 Å². The maximum Gasteiger partial charge on any atom is 0.163 e. The van der Waals surface area contributed by atoms with E-state index in [4.69, 9.17) is 9.47 Å². The molecule has 0 amide bonds. The van der Waals surface area contributed by atoms with Crippen molar-refractivity contribution in [2.45, 2.75) is 65.2 Å². The van der Waals surface area contributed by atoms with E-state index >= 15 is 0 Å². The highest BCUT2D eigenvalue weighted by molar-refractivity contribution is 6.03. The normalized spacial score (nSPS) is 26.6. The van der Waals surface area contributed by atoms with Crippen LogP contribution in [0.4, 0.5) is 0 Å². The Morgan fingerprint density at radius 1 is 0.618 bits per heavy atom. The number of ether oxygens (including phenoxy) is 2. The Bertz CT molecular complexity index is 1210. The molecule has 2 atom stereocenters. The predicted octanol–water partition coefficient (Wildman–Crippen LogP) is 6.63. The van der Waals surface area contributed by atoms with E-state index in [1.165, 1.54) is 0 Å². The first-order valence-corrected chi connectivity index (χ1v) is 12.2. The summed E-state index contributed by atoms with van der Waals surface area (Å²) in [5.74, 6) is 2.80. The summed E-state index contributed by atoms with van der Waals surface area (Å²) in [5.41, 5.74) is 3.11. The molecule has 2 unspecified atom stereocenters. The second-order valence-corrected chi connectivity index (χ2v) is 11.8. The number of fused-ring (bicyclic) bond motifs is 2. The van der Waals surface area contributed by atoms with E-state index in [1.54, 1.807) is 0 Å². The standard InChI is InChI=1S/C30H30O4/c1-29(2)13-19(31)27-23(15-29)33-21-11-7-5-9-17(21)25(27)26-18-10-6-8-12-22(18)34-24-16-30(3,4)14-20(32)28(24)26/h5-12,25-26H,13-16H2,1-4H3. The van der Waals surface area contributed by atoms with Crippen LogP contribution < -0.4 is 9.47 Å². The lowest BCUT2D eigenvalue weighted by Crippen LogP contribution is -2.38. The fourth-order valence-electron chi connectivity index (χ4n) is 6.36. The van der Waals surface area contributed by atoms with Crippen LogP contribution in [-0.4, -0.2) is 11.6 Å². The van der Waals surface area contributed by atoms with Gasteiger partial charge in [0, 0.05) is 59.8 Å². The van der Waals surface area contributed by atoms with Gasteiger partial charge in [0.2, 0.25) is 0 Å². The molecule has 4 aliphatic rings. The number of para-hydroxylation sites is 2. The Hall–Kier alpha value is -3.14. The van der Waals surface area contributed by atoms with Gasteiger partial charge in [-0.1, -0.05) is 64.1 Å². The van der Waals surface area contributed by atoms with Gasteiger partial charge in [-0.3, -0.25) is 9.59 Å². The minimum atomic E-state index is -0.274. The molecule has 2 aromatic carbocycles. The number of ketones is 2. The van der Waals surface area contributed by atoms with Crippen LogP contribution in [0, 0.1) is 10.8 Å². The molecule has 2 aliphatic carbocycles. The Morgan fingerprint density at radius 3 is 1.41 bits per heavy atom. The maximum absolute atomic E-state index is 13.7. The molecule has 0 bridgehead atoms. The highest BCUT2D eigenvalue weighted by Gasteiger charge is 2.50. The van der Waals surface area contributed by atoms with Crippen LogP contribution in [0.1, 0.15) is 76.3 Å². The first-order chi connectivity index (χ1) is 16.1. The maximum atomic E-state index is 13.7. The topological polar surface area (TPSA) is 52.6 Å². The molecule has 0 aromatic heterocycles. The molecule has 34 heavy (non-hydrogen) atoms. The van der Waals surface area contributed by atoms with Gasteiger partial charge in [-0.2, -0.15) is 0 Å². The molecule has 0 spiro atoms. The molecule has 0 saturated heterocycles. The van der Waals surface area contributed by atoms with E-state index in [-0.39, 0.29) is 34.2 Å². The highest BCUT2D eigenvalue weighted by Crippen LogP contribution is 2.58. The molecule has 2 aromatic rings. The summed E-state index contributed by atoms with van der Waals surface area (Å²) < 4.78 is 12.7. The Labute approximate surface area is 200 Å². The van der Waals surface area contributed by atoms with Crippen molar-refractivity contribution in [1.82, 2.24) is 0 Å². The van der Waals surface area contributed by atoms with E-state index in [0.29, 0.717) is 25.7 Å². The summed E-state index contributed by atoms with van der Waals surface area (Å²) in [6, 6.07) is 16.0. The van der Waals surface area contributed by atoms with Crippen molar-refractivity contribution in [2.75, 3.05) is 0 Å². The molecule has 0 radical (unpaired) electrons.